The number of carbonyl (C=O) groups is 2. The third-order valence-corrected chi connectivity index (χ3v) is 4.09. The van der Waals surface area contributed by atoms with Crippen LogP contribution in [0.2, 0.25) is 5.02 Å². The Balaban J connectivity index is 1.95. The van der Waals surface area contributed by atoms with Crippen LogP contribution in [0.25, 0.3) is 0 Å². The van der Waals surface area contributed by atoms with E-state index in [4.69, 9.17) is 11.6 Å². The summed E-state index contributed by atoms with van der Waals surface area (Å²) in [4.78, 5) is 34.4. The van der Waals surface area contributed by atoms with Crippen molar-refractivity contribution < 1.29 is 19.6 Å². The number of benzene rings is 2. The highest BCUT2D eigenvalue weighted by molar-refractivity contribution is 6.39. The minimum absolute atomic E-state index is 0.131. The summed E-state index contributed by atoms with van der Waals surface area (Å²) < 4.78 is 0. The molecule has 0 aliphatic heterocycles. The van der Waals surface area contributed by atoms with Gasteiger partial charge in [-0.2, -0.15) is 0 Å². The van der Waals surface area contributed by atoms with Crippen LogP contribution in [0.5, 0.6) is 0 Å². The largest absolute Gasteiger partial charge is 0.387 e. The number of carbonyl (C=O) groups excluding carboxylic acids is 2. The molecule has 0 heterocycles. The van der Waals surface area contributed by atoms with Gasteiger partial charge in [-0.3, -0.25) is 19.7 Å². The van der Waals surface area contributed by atoms with Crippen LogP contribution in [0.4, 0.5) is 11.4 Å². The smallest absolute Gasteiger partial charge is 0.313 e. The molecule has 0 saturated carbocycles. The van der Waals surface area contributed by atoms with Crippen LogP contribution in [0.15, 0.2) is 42.5 Å². The van der Waals surface area contributed by atoms with Crippen molar-refractivity contribution in [3.63, 3.8) is 0 Å². The molecule has 0 aromatic heterocycles. The maximum Gasteiger partial charge on any atom is 0.313 e. The van der Waals surface area contributed by atoms with Crippen molar-refractivity contribution in [3.05, 3.63) is 68.7 Å². The number of nitrogens with one attached hydrogen (secondary N) is 2. The van der Waals surface area contributed by atoms with Crippen LogP contribution in [-0.4, -0.2) is 28.4 Å². The standard InChI is InChI=1S/C18H18ClN3O5/c1-2-11-5-8-14(9-15(11)22(26)27)21-18(25)17(24)20-10-16(23)12-3-6-13(19)7-4-12/h3-9,16,23H,2,10H2,1H3,(H,20,24)(H,21,25). The zero-order valence-corrected chi connectivity index (χ0v) is 15.2. The average molecular weight is 392 g/mol. The molecule has 2 amide bonds. The van der Waals surface area contributed by atoms with Crippen LogP contribution in [-0.2, 0) is 16.0 Å². The number of hydrogen-bond donors (Lipinski definition) is 3. The van der Waals surface area contributed by atoms with Gasteiger partial charge in [0.2, 0.25) is 0 Å². The number of nitro benzene ring substituents is 1. The SMILES string of the molecule is CCc1ccc(NC(=O)C(=O)NCC(O)c2ccc(Cl)cc2)cc1[N+](=O)[O-]. The molecule has 0 bridgehead atoms. The van der Waals surface area contributed by atoms with Gasteiger partial charge in [-0.15, -0.1) is 0 Å². The fourth-order valence-corrected chi connectivity index (χ4v) is 2.50. The first-order valence-electron chi connectivity index (χ1n) is 8.11. The number of amides is 2. The molecule has 2 aromatic rings. The van der Waals surface area contributed by atoms with Gasteiger partial charge in [-0.25, -0.2) is 0 Å². The van der Waals surface area contributed by atoms with Crippen LogP contribution in [0, 0.1) is 10.1 Å². The van der Waals surface area contributed by atoms with E-state index in [1.54, 1.807) is 31.2 Å². The van der Waals surface area contributed by atoms with Gasteiger partial charge in [0.25, 0.3) is 5.69 Å². The van der Waals surface area contributed by atoms with Gasteiger partial charge in [0.05, 0.1) is 11.0 Å². The molecule has 2 rings (SSSR count). The monoisotopic (exact) mass is 391 g/mol. The van der Waals surface area contributed by atoms with Crippen molar-refractivity contribution in [3.8, 4) is 0 Å². The molecule has 9 heteroatoms. The zero-order valence-electron chi connectivity index (χ0n) is 14.4. The number of anilines is 1. The molecule has 3 N–H and O–H groups in total. The number of aliphatic hydroxyl groups excluding tert-OH is 1. The first-order valence-corrected chi connectivity index (χ1v) is 8.49. The van der Waals surface area contributed by atoms with Crippen LogP contribution < -0.4 is 10.6 Å². The van der Waals surface area contributed by atoms with E-state index in [-0.39, 0.29) is 17.9 Å². The quantitative estimate of drug-likeness (QED) is 0.397. The van der Waals surface area contributed by atoms with Gasteiger partial charge < -0.3 is 15.7 Å². The summed E-state index contributed by atoms with van der Waals surface area (Å²) in [6.45, 7) is 1.60. The van der Waals surface area contributed by atoms with E-state index in [9.17, 15) is 24.8 Å². The molecule has 0 fully saturated rings. The lowest BCUT2D eigenvalue weighted by molar-refractivity contribution is -0.385. The highest BCUT2D eigenvalue weighted by Gasteiger charge is 2.18. The first-order chi connectivity index (χ1) is 12.8. The van der Waals surface area contributed by atoms with Crippen molar-refractivity contribution in [2.75, 3.05) is 11.9 Å². The third-order valence-electron chi connectivity index (χ3n) is 3.84. The minimum atomic E-state index is -1.01. The number of aryl methyl sites for hydroxylation is 1. The van der Waals surface area contributed by atoms with Crippen molar-refractivity contribution in [1.82, 2.24) is 5.32 Å². The second kappa shape index (κ2) is 9.11. The number of aliphatic hydroxyl groups is 1. The number of halogens is 1. The Hall–Kier alpha value is -2.97. The molecule has 1 atom stereocenters. The topological polar surface area (TPSA) is 122 Å². The molecule has 1 unspecified atom stereocenters. The summed E-state index contributed by atoms with van der Waals surface area (Å²) in [6, 6.07) is 10.6. The number of rotatable bonds is 6. The maximum atomic E-state index is 11.9. The summed E-state index contributed by atoms with van der Waals surface area (Å²) in [6.07, 6.45) is -0.544. The molecule has 8 nitrogen and oxygen atoms in total. The summed E-state index contributed by atoms with van der Waals surface area (Å²) in [7, 11) is 0. The molecule has 0 aliphatic carbocycles. The van der Waals surface area contributed by atoms with Gasteiger partial charge in [0.15, 0.2) is 0 Å². The van der Waals surface area contributed by atoms with Crippen molar-refractivity contribution in [2.24, 2.45) is 0 Å². The first kappa shape index (κ1) is 20.3. The molecule has 0 radical (unpaired) electrons. The fourth-order valence-electron chi connectivity index (χ4n) is 2.37. The van der Waals surface area contributed by atoms with Gasteiger partial charge in [-0.05, 0) is 30.2 Å². The van der Waals surface area contributed by atoms with Crippen LogP contribution in [0.3, 0.4) is 0 Å². The molecular weight excluding hydrogens is 374 g/mol. The van der Waals surface area contributed by atoms with Crippen LogP contribution in [0.1, 0.15) is 24.2 Å². The highest BCUT2D eigenvalue weighted by atomic mass is 35.5. The van der Waals surface area contributed by atoms with Gasteiger partial charge in [0, 0.05) is 28.9 Å². The second-order valence-corrected chi connectivity index (χ2v) is 6.12. The predicted molar refractivity (Wildman–Crippen MR) is 101 cm³/mol. The Morgan fingerprint density at radius 2 is 1.85 bits per heavy atom. The Morgan fingerprint density at radius 3 is 2.44 bits per heavy atom. The molecular formula is C18H18ClN3O5. The van der Waals surface area contributed by atoms with E-state index in [1.165, 1.54) is 18.2 Å². The van der Waals surface area contributed by atoms with E-state index in [1.807, 2.05) is 0 Å². The summed E-state index contributed by atoms with van der Waals surface area (Å²) >= 11 is 5.77. The minimum Gasteiger partial charge on any atom is -0.387 e. The van der Waals surface area contributed by atoms with Gasteiger partial charge >= 0.3 is 11.8 Å². The molecule has 0 spiro atoms. The number of nitrogens with zero attached hydrogens (tertiary/aromatic N) is 1. The third kappa shape index (κ3) is 5.50. The fraction of sp³-hybridized carbons (Fsp3) is 0.222. The number of nitro groups is 1. The van der Waals surface area contributed by atoms with Crippen molar-refractivity contribution >= 4 is 34.8 Å². The van der Waals surface area contributed by atoms with Crippen LogP contribution >= 0.6 is 11.6 Å². The molecule has 0 saturated heterocycles. The molecule has 2 aromatic carbocycles. The predicted octanol–water partition coefficient (Wildman–Crippen LogP) is 2.60. The molecule has 0 aliphatic rings. The Bertz CT molecular complexity index is 855. The lowest BCUT2D eigenvalue weighted by Crippen LogP contribution is -2.37. The van der Waals surface area contributed by atoms with Crippen molar-refractivity contribution in [1.29, 1.82) is 0 Å². The van der Waals surface area contributed by atoms with Gasteiger partial charge in [0.1, 0.15) is 0 Å². The van der Waals surface area contributed by atoms with E-state index < -0.39 is 22.8 Å². The van der Waals surface area contributed by atoms with E-state index in [0.29, 0.717) is 22.6 Å². The molecule has 142 valence electrons. The summed E-state index contributed by atoms with van der Waals surface area (Å²) in [5, 5.41) is 26.2. The van der Waals surface area contributed by atoms with Gasteiger partial charge in [-0.1, -0.05) is 36.7 Å². The summed E-state index contributed by atoms with van der Waals surface area (Å²) in [5.74, 6) is -1.96. The summed E-state index contributed by atoms with van der Waals surface area (Å²) in [5.41, 5.74) is 1.06. The maximum absolute atomic E-state index is 11.9. The Labute approximate surface area is 160 Å². The Morgan fingerprint density at radius 1 is 1.19 bits per heavy atom. The highest BCUT2D eigenvalue weighted by Crippen LogP contribution is 2.23. The normalized spacial score (nSPS) is 11.5. The number of hydrogen-bond acceptors (Lipinski definition) is 5. The van der Waals surface area contributed by atoms with E-state index in [0.717, 1.165) is 0 Å². The molecule has 27 heavy (non-hydrogen) atoms. The van der Waals surface area contributed by atoms with Crippen molar-refractivity contribution in [2.45, 2.75) is 19.4 Å². The lowest BCUT2D eigenvalue weighted by Gasteiger charge is -2.12. The lowest BCUT2D eigenvalue weighted by atomic mass is 10.1. The van der Waals surface area contributed by atoms with E-state index >= 15 is 0 Å². The average Bonchev–Trinajstić information content (AvgIpc) is 2.66. The second-order valence-electron chi connectivity index (χ2n) is 5.69. The zero-order chi connectivity index (χ0) is 20.0. The Kier molecular flexibility index (Phi) is 6.86. The van der Waals surface area contributed by atoms with E-state index in [2.05, 4.69) is 10.6 Å².